The summed E-state index contributed by atoms with van der Waals surface area (Å²) in [5.74, 6) is -4.28. The van der Waals surface area contributed by atoms with Crippen molar-refractivity contribution in [1.29, 1.82) is 0 Å². The molecule has 1 aromatic heterocycles. The summed E-state index contributed by atoms with van der Waals surface area (Å²) in [6, 6.07) is 0. The molecule has 0 unspecified atom stereocenters. The number of nitrogens with zero attached hydrogens (tertiary/aromatic N) is 1. The van der Waals surface area contributed by atoms with Crippen molar-refractivity contribution < 1.29 is 45.0 Å². The van der Waals surface area contributed by atoms with E-state index < -0.39 is 47.5 Å². The van der Waals surface area contributed by atoms with Crippen LogP contribution in [0, 0.1) is 0 Å². The number of aromatic nitrogens is 3. The number of rotatable bonds is 8. The molecule has 8 N–H and O–H groups in total. The molecule has 0 bridgehead atoms. The summed E-state index contributed by atoms with van der Waals surface area (Å²) in [6.07, 6.45) is 0.468. The fourth-order valence-electron chi connectivity index (χ4n) is 1.10. The molecule has 186 valence electrons. The van der Waals surface area contributed by atoms with Gasteiger partial charge in [-0.3, -0.25) is 24.4 Å². The van der Waals surface area contributed by atoms with E-state index >= 15 is 0 Å². The van der Waals surface area contributed by atoms with E-state index in [1.165, 1.54) is 0 Å². The number of aliphatic carboxylic acids is 3. The fraction of sp³-hybridized carbons (Fsp3) is 0.571. The molecule has 0 aliphatic heterocycles. The summed E-state index contributed by atoms with van der Waals surface area (Å²) < 4.78 is 0.224. The molecule has 0 spiro atoms. The Labute approximate surface area is 196 Å². The minimum atomic E-state index is -3.20. The van der Waals surface area contributed by atoms with Crippen molar-refractivity contribution in [1.82, 2.24) is 14.5 Å². The molecule has 18 heteroatoms. The summed E-state index contributed by atoms with van der Waals surface area (Å²) in [7, 11) is 0. The Kier molecular flexibility index (Phi) is 20.9. The number of aliphatic hydroxyl groups is 3. The summed E-state index contributed by atoms with van der Waals surface area (Å²) >= 11 is 11.0. The maximum absolute atomic E-state index is 10.9. The van der Waals surface area contributed by atoms with E-state index in [2.05, 4.69) is 37.9 Å². The van der Waals surface area contributed by atoms with Crippen LogP contribution in [0.4, 0.5) is 0 Å². The second-order valence-corrected chi connectivity index (χ2v) is 6.49. The summed E-state index contributed by atoms with van der Waals surface area (Å²) in [6.45, 7) is -1.07. The summed E-state index contributed by atoms with van der Waals surface area (Å²) in [5.41, 5.74) is -3.32. The van der Waals surface area contributed by atoms with Gasteiger partial charge in [-0.05, 0) is 0 Å². The van der Waals surface area contributed by atoms with E-state index in [1.54, 1.807) is 9.97 Å². The number of carboxylic acid groups (broad SMARTS) is 3. The van der Waals surface area contributed by atoms with Crippen LogP contribution in [0.5, 0.6) is 0 Å². The van der Waals surface area contributed by atoms with E-state index in [1.807, 2.05) is 0 Å². The average molecular weight is 524 g/mol. The monoisotopic (exact) mass is 523 g/mol. The zero-order chi connectivity index (χ0) is 25.9. The van der Waals surface area contributed by atoms with Gasteiger partial charge in [-0.25, -0.2) is 19.0 Å². The first-order valence-electron chi connectivity index (χ1n) is 8.19. The topological polar surface area (TPSA) is 260 Å². The van der Waals surface area contributed by atoms with E-state index in [9.17, 15) is 28.8 Å². The van der Waals surface area contributed by atoms with Crippen molar-refractivity contribution in [3.63, 3.8) is 0 Å². The van der Waals surface area contributed by atoms with E-state index in [0.29, 0.717) is 17.3 Å². The lowest BCUT2D eigenvalue weighted by Crippen LogP contribution is -2.48. The predicted molar refractivity (Wildman–Crippen MR) is 120 cm³/mol. The maximum atomic E-state index is 10.9. The lowest BCUT2D eigenvalue weighted by molar-refractivity contribution is -0.319. The Hall–Kier alpha value is -2.25. The molecular weight excluding hydrogens is 498 g/mol. The van der Waals surface area contributed by atoms with Gasteiger partial charge in [-0.1, -0.05) is 0 Å². The third kappa shape index (κ3) is 25.8. The highest BCUT2D eigenvalue weighted by atomic mass is 32.1. The van der Waals surface area contributed by atoms with Gasteiger partial charge in [-0.15, -0.1) is 0 Å². The van der Waals surface area contributed by atoms with Gasteiger partial charge in [0.15, 0.2) is 0 Å². The standard InChI is InChI=1S/C5H7N3O6.3C3H6O2S/c9-2-6-3(10)8(4(11)7-2)1-5(12,13)14;3*4-3(5)1-2-6/h12-14H,1H2,(H2,6,7,9,10,11);3*6H,1-2H2,(H,4,5). The van der Waals surface area contributed by atoms with Gasteiger partial charge in [0.05, 0.1) is 19.3 Å². The number of carboxylic acids is 3. The van der Waals surface area contributed by atoms with Gasteiger partial charge < -0.3 is 30.6 Å². The molecule has 1 rings (SSSR count). The SMILES string of the molecule is O=C(O)CCS.O=C(O)CCS.O=C(O)CCS.O=c1[nH]c(=O)n(CC(O)(O)O)c(=O)[nH]1. The molecule has 32 heavy (non-hydrogen) atoms. The van der Waals surface area contributed by atoms with Gasteiger partial charge in [0.2, 0.25) is 0 Å². The van der Waals surface area contributed by atoms with Gasteiger partial charge in [0, 0.05) is 17.3 Å². The fourth-order valence-corrected chi connectivity index (χ4v) is 1.67. The van der Waals surface area contributed by atoms with Crippen LogP contribution >= 0.6 is 37.9 Å². The summed E-state index contributed by atoms with van der Waals surface area (Å²) in [4.78, 5) is 64.3. The second-order valence-electron chi connectivity index (χ2n) is 5.15. The quantitative estimate of drug-likeness (QED) is 0.120. The van der Waals surface area contributed by atoms with Crippen molar-refractivity contribution in [3.8, 4) is 0 Å². The third-order valence-electron chi connectivity index (χ3n) is 2.28. The van der Waals surface area contributed by atoms with E-state index in [4.69, 9.17) is 30.6 Å². The van der Waals surface area contributed by atoms with Crippen molar-refractivity contribution in [2.75, 3.05) is 17.3 Å². The highest BCUT2D eigenvalue weighted by molar-refractivity contribution is 7.80. The molecular formula is C14H25N3O12S3. The van der Waals surface area contributed by atoms with Crippen LogP contribution in [-0.4, -0.2) is 86.3 Å². The van der Waals surface area contributed by atoms with Crippen LogP contribution in [0.1, 0.15) is 19.3 Å². The Balaban J connectivity index is -0.000000393. The van der Waals surface area contributed by atoms with Crippen LogP contribution in [-0.2, 0) is 20.9 Å². The molecule has 0 aliphatic carbocycles. The molecule has 1 heterocycles. The van der Waals surface area contributed by atoms with Gasteiger partial charge in [-0.2, -0.15) is 37.9 Å². The number of carbonyl (C=O) groups is 3. The maximum Gasteiger partial charge on any atom is 0.333 e. The number of thiol groups is 3. The van der Waals surface area contributed by atoms with Gasteiger partial charge >= 0.3 is 35.0 Å². The third-order valence-corrected chi connectivity index (χ3v) is 2.95. The first kappa shape index (κ1) is 34.4. The highest BCUT2D eigenvalue weighted by Gasteiger charge is 2.21. The van der Waals surface area contributed by atoms with Crippen LogP contribution in [0.15, 0.2) is 14.4 Å². The minimum Gasteiger partial charge on any atom is -0.481 e. The van der Waals surface area contributed by atoms with Crippen molar-refractivity contribution in [2.45, 2.75) is 31.8 Å². The first-order valence-corrected chi connectivity index (χ1v) is 10.1. The van der Waals surface area contributed by atoms with Crippen molar-refractivity contribution in [3.05, 3.63) is 31.5 Å². The van der Waals surface area contributed by atoms with Crippen LogP contribution < -0.4 is 17.1 Å². The predicted octanol–water partition coefficient (Wildman–Crippen LogP) is -2.97. The van der Waals surface area contributed by atoms with Gasteiger partial charge in [0.25, 0.3) is 5.97 Å². The van der Waals surface area contributed by atoms with Crippen LogP contribution in [0.2, 0.25) is 0 Å². The molecule has 0 radical (unpaired) electrons. The second kappa shape index (κ2) is 19.4. The van der Waals surface area contributed by atoms with E-state index in [-0.39, 0.29) is 23.8 Å². The molecule has 0 aliphatic rings. The zero-order valence-electron chi connectivity index (χ0n) is 16.4. The molecule has 0 amide bonds. The number of H-pyrrole nitrogens is 2. The lowest BCUT2D eigenvalue weighted by atomic mass is 10.5. The Morgan fingerprint density at radius 1 is 0.719 bits per heavy atom. The summed E-state index contributed by atoms with van der Waals surface area (Å²) in [5, 5.41) is 49.1. The number of hydrogen-bond donors (Lipinski definition) is 11. The molecule has 1 aromatic rings. The highest BCUT2D eigenvalue weighted by Crippen LogP contribution is 1.92. The average Bonchev–Trinajstić information content (AvgIpc) is 2.58. The number of hydrogen-bond acceptors (Lipinski definition) is 12. The zero-order valence-corrected chi connectivity index (χ0v) is 19.1. The first-order chi connectivity index (χ1) is 14.6. The van der Waals surface area contributed by atoms with Gasteiger partial charge in [0.1, 0.15) is 6.54 Å². The van der Waals surface area contributed by atoms with Crippen molar-refractivity contribution in [2.24, 2.45) is 0 Å². The Morgan fingerprint density at radius 3 is 1.16 bits per heavy atom. The van der Waals surface area contributed by atoms with Crippen molar-refractivity contribution >= 4 is 55.8 Å². The number of aromatic amines is 2. The molecule has 0 saturated heterocycles. The van der Waals surface area contributed by atoms with E-state index in [0.717, 1.165) is 0 Å². The smallest absolute Gasteiger partial charge is 0.333 e. The minimum absolute atomic E-state index is 0.156. The van der Waals surface area contributed by atoms with Crippen LogP contribution in [0.25, 0.3) is 0 Å². The number of nitrogens with one attached hydrogen (secondary N) is 2. The molecule has 0 saturated carbocycles. The Bertz CT molecular complexity index is 787. The molecule has 0 atom stereocenters. The normalized spacial score (nSPS) is 9.69. The molecule has 0 aromatic carbocycles. The molecule has 0 fully saturated rings. The largest absolute Gasteiger partial charge is 0.481 e. The molecule has 15 nitrogen and oxygen atoms in total. The Morgan fingerprint density at radius 2 is 1.00 bits per heavy atom. The lowest BCUT2D eigenvalue weighted by Gasteiger charge is -2.13. The van der Waals surface area contributed by atoms with Crippen LogP contribution in [0.3, 0.4) is 0 Å².